The van der Waals surface area contributed by atoms with Crippen LogP contribution in [0.15, 0.2) is 60.8 Å². The number of pyridine rings is 1. The van der Waals surface area contributed by atoms with Gasteiger partial charge in [0.15, 0.2) is 6.10 Å². The maximum Gasteiger partial charge on any atom is 0.335 e. The zero-order chi connectivity index (χ0) is 19.8. The molecule has 0 aliphatic rings. The van der Waals surface area contributed by atoms with Gasteiger partial charge in [-0.25, -0.2) is 4.79 Å². The Morgan fingerprint density at radius 1 is 0.964 bits per heavy atom. The van der Waals surface area contributed by atoms with Gasteiger partial charge in [0.25, 0.3) is 0 Å². The molecular weight excluding hydrogens is 354 g/mol. The average molecular weight is 379 g/mol. The highest BCUT2D eigenvalue weighted by Gasteiger charge is 2.22. The number of nitrogens with zero attached hydrogens (tertiary/aromatic N) is 1. The minimum Gasteiger partial charge on any atom is -0.489 e. The molecule has 3 rings (SSSR count). The van der Waals surface area contributed by atoms with E-state index >= 15 is 0 Å². The Kier molecular flexibility index (Phi) is 6.98. The Morgan fingerprint density at radius 2 is 1.75 bits per heavy atom. The van der Waals surface area contributed by atoms with E-state index in [4.69, 9.17) is 14.2 Å². The molecule has 1 atom stereocenters. The molecule has 1 aromatic heterocycles. The summed E-state index contributed by atoms with van der Waals surface area (Å²) in [5.74, 6) is 0.377. The van der Waals surface area contributed by atoms with Crippen molar-refractivity contribution in [3.05, 3.63) is 71.9 Å². The van der Waals surface area contributed by atoms with E-state index in [9.17, 15) is 4.79 Å². The maximum atomic E-state index is 12.2. The summed E-state index contributed by atoms with van der Waals surface area (Å²) in [6, 6.07) is 17.7. The fourth-order valence-electron chi connectivity index (χ4n) is 3.10. The summed E-state index contributed by atoms with van der Waals surface area (Å²) >= 11 is 0. The highest BCUT2D eigenvalue weighted by atomic mass is 16.6. The quantitative estimate of drug-likeness (QED) is 0.518. The molecule has 0 amide bonds. The van der Waals surface area contributed by atoms with Gasteiger partial charge in [0, 0.05) is 30.2 Å². The third kappa shape index (κ3) is 4.87. The molecule has 3 aromatic rings. The van der Waals surface area contributed by atoms with Gasteiger partial charge in [0.1, 0.15) is 12.4 Å². The Balaban J connectivity index is 1.77. The number of carbonyl (C=O) groups is 1. The summed E-state index contributed by atoms with van der Waals surface area (Å²) in [4.78, 5) is 16.6. The normalized spacial score (nSPS) is 11.9. The molecule has 0 spiro atoms. The van der Waals surface area contributed by atoms with Crippen molar-refractivity contribution in [2.75, 3.05) is 13.2 Å². The van der Waals surface area contributed by atoms with Gasteiger partial charge >= 0.3 is 5.97 Å². The summed E-state index contributed by atoms with van der Waals surface area (Å²) in [7, 11) is 0. The van der Waals surface area contributed by atoms with Gasteiger partial charge in [-0.05, 0) is 31.5 Å². The molecule has 146 valence electrons. The first-order chi connectivity index (χ1) is 13.7. The SMILES string of the molecule is CCOC(=O)C(Cc1ccccc1OCc1cccc2cccnc12)OCC. The highest BCUT2D eigenvalue weighted by Crippen LogP contribution is 2.24. The van der Waals surface area contributed by atoms with E-state index in [1.807, 2.05) is 61.5 Å². The molecule has 0 radical (unpaired) electrons. The largest absolute Gasteiger partial charge is 0.489 e. The van der Waals surface area contributed by atoms with Crippen molar-refractivity contribution in [2.45, 2.75) is 33.0 Å². The zero-order valence-corrected chi connectivity index (χ0v) is 16.3. The van der Waals surface area contributed by atoms with Gasteiger partial charge in [0.05, 0.1) is 12.1 Å². The first-order valence-corrected chi connectivity index (χ1v) is 9.54. The predicted molar refractivity (Wildman–Crippen MR) is 108 cm³/mol. The molecule has 0 aliphatic heterocycles. The van der Waals surface area contributed by atoms with Crippen LogP contribution in [0.5, 0.6) is 5.75 Å². The van der Waals surface area contributed by atoms with Crippen LogP contribution < -0.4 is 4.74 Å². The molecule has 1 unspecified atom stereocenters. The van der Waals surface area contributed by atoms with Gasteiger partial charge in [-0.2, -0.15) is 0 Å². The van der Waals surface area contributed by atoms with E-state index in [0.717, 1.165) is 27.8 Å². The predicted octanol–water partition coefficient (Wildman–Crippen LogP) is 4.32. The van der Waals surface area contributed by atoms with Crippen LogP contribution in [0, 0.1) is 0 Å². The molecule has 5 nitrogen and oxygen atoms in total. The zero-order valence-electron chi connectivity index (χ0n) is 16.3. The van der Waals surface area contributed by atoms with E-state index in [0.29, 0.717) is 26.2 Å². The van der Waals surface area contributed by atoms with Crippen LogP contribution in [-0.2, 0) is 27.3 Å². The van der Waals surface area contributed by atoms with Crippen molar-refractivity contribution >= 4 is 16.9 Å². The number of esters is 1. The second-order valence-electron chi connectivity index (χ2n) is 6.29. The molecular formula is C23H25NO4. The lowest BCUT2D eigenvalue weighted by Gasteiger charge is -2.18. The molecule has 0 N–H and O–H groups in total. The number of ether oxygens (including phenoxy) is 3. The fraction of sp³-hybridized carbons (Fsp3) is 0.304. The van der Waals surface area contributed by atoms with Crippen LogP contribution in [0.25, 0.3) is 10.9 Å². The molecule has 2 aromatic carbocycles. The smallest absolute Gasteiger partial charge is 0.335 e. The Hall–Kier alpha value is -2.92. The van der Waals surface area contributed by atoms with E-state index in [1.165, 1.54) is 0 Å². The number of hydrogen-bond donors (Lipinski definition) is 0. The Morgan fingerprint density at radius 3 is 2.57 bits per heavy atom. The van der Waals surface area contributed by atoms with Crippen LogP contribution in [0.4, 0.5) is 0 Å². The number of hydrogen-bond acceptors (Lipinski definition) is 5. The number of benzene rings is 2. The minimum absolute atomic E-state index is 0.328. The summed E-state index contributed by atoms with van der Waals surface area (Å²) < 4.78 is 16.8. The van der Waals surface area contributed by atoms with Gasteiger partial charge in [0.2, 0.25) is 0 Å². The Labute approximate surface area is 165 Å². The van der Waals surface area contributed by atoms with Crippen LogP contribution in [-0.4, -0.2) is 30.3 Å². The van der Waals surface area contributed by atoms with Crippen LogP contribution in [0.2, 0.25) is 0 Å². The molecule has 28 heavy (non-hydrogen) atoms. The standard InChI is InChI=1S/C23H25NO4/c1-3-26-21(23(25)27-4-2)15-18-9-5-6-13-20(18)28-16-19-11-7-10-17-12-8-14-24-22(17)19/h5-14,21H,3-4,15-16H2,1-2H3. The lowest BCUT2D eigenvalue weighted by Crippen LogP contribution is -2.29. The number of carbonyl (C=O) groups excluding carboxylic acids is 1. The molecule has 0 bridgehead atoms. The number of rotatable bonds is 9. The van der Waals surface area contributed by atoms with Crippen molar-refractivity contribution in [3.8, 4) is 5.75 Å². The number of fused-ring (bicyclic) bond motifs is 1. The lowest BCUT2D eigenvalue weighted by molar-refractivity contribution is -0.156. The van der Waals surface area contributed by atoms with Crippen LogP contribution in [0.3, 0.4) is 0 Å². The molecule has 1 heterocycles. The third-order valence-corrected chi connectivity index (χ3v) is 4.39. The average Bonchev–Trinajstić information content (AvgIpc) is 2.73. The van der Waals surface area contributed by atoms with Crippen LogP contribution in [0.1, 0.15) is 25.0 Å². The monoisotopic (exact) mass is 379 g/mol. The molecule has 0 fully saturated rings. The van der Waals surface area contributed by atoms with Gasteiger partial charge < -0.3 is 14.2 Å². The number of aromatic nitrogens is 1. The van der Waals surface area contributed by atoms with Gasteiger partial charge in [-0.1, -0.05) is 42.5 Å². The summed E-state index contributed by atoms with van der Waals surface area (Å²) in [6.45, 7) is 4.81. The summed E-state index contributed by atoms with van der Waals surface area (Å²) in [6.07, 6.45) is 1.54. The third-order valence-electron chi connectivity index (χ3n) is 4.39. The summed E-state index contributed by atoms with van der Waals surface area (Å²) in [5.41, 5.74) is 2.85. The van der Waals surface area contributed by atoms with Crippen molar-refractivity contribution in [1.29, 1.82) is 0 Å². The van der Waals surface area contributed by atoms with E-state index < -0.39 is 6.10 Å². The van der Waals surface area contributed by atoms with Crippen molar-refractivity contribution in [2.24, 2.45) is 0 Å². The van der Waals surface area contributed by atoms with Gasteiger partial charge in [-0.3, -0.25) is 4.98 Å². The molecule has 0 saturated heterocycles. The van der Waals surface area contributed by atoms with Crippen LogP contribution >= 0.6 is 0 Å². The van der Waals surface area contributed by atoms with Crippen molar-refractivity contribution < 1.29 is 19.0 Å². The fourth-order valence-corrected chi connectivity index (χ4v) is 3.10. The topological polar surface area (TPSA) is 57.7 Å². The molecule has 0 saturated carbocycles. The molecule has 5 heteroatoms. The molecule has 0 aliphatic carbocycles. The highest BCUT2D eigenvalue weighted by molar-refractivity contribution is 5.81. The first kappa shape index (κ1) is 19.8. The first-order valence-electron chi connectivity index (χ1n) is 9.54. The second-order valence-corrected chi connectivity index (χ2v) is 6.29. The summed E-state index contributed by atoms with van der Waals surface area (Å²) in [5, 5.41) is 1.08. The minimum atomic E-state index is -0.645. The lowest BCUT2D eigenvalue weighted by atomic mass is 10.1. The van der Waals surface area contributed by atoms with Crippen molar-refractivity contribution in [3.63, 3.8) is 0 Å². The van der Waals surface area contributed by atoms with Gasteiger partial charge in [-0.15, -0.1) is 0 Å². The second kappa shape index (κ2) is 9.85. The number of para-hydroxylation sites is 2. The van der Waals surface area contributed by atoms with E-state index in [2.05, 4.69) is 4.98 Å². The maximum absolute atomic E-state index is 12.2. The van der Waals surface area contributed by atoms with E-state index in [1.54, 1.807) is 13.1 Å². The van der Waals surface area contributed by atoms with E-state index in [-0.39, 0.29) is 5.97 Å². The van der Waals surface area contributed by atoms with Crippen molar-refractivity contribution in [1.82, 2.24) is 4.98 Å². The Bertz CT molecular complexity index is 920.